The topological polar surface area (TPSA) is 78.9 Å². The number of alkyl halides is 3. The molecule has 46 heavy (non-hydrogen) atoms. The van der Waals surface area contributed by atoms with Gasteiger partial charge in [0.25, 0.3) is 0 Å². The van der Waals surface area contributed by atoms with E-state index in [9.17, 15) is 27.6 Å². The lowest BCUT2D eigenvalue weighted by atomic mass is 9.66. The molecule has 2 fully saturated rings. The van der Waals surface area contributed by atoms with Crippen molar-refractivity contribution in [2.24, 2.45) is 28.1 Å². The molecule has 5 rings (SSSR count). The lowest BCUT2D eigenvalue weighted by Crippen LogP contribution is -2.46. The van der Waals surface area contributed by atoms with Gasteiger partial charge in [0.2, 0.25) is 0 Å². The van der Waals surface area contributed by atoms with Gasteiger partial charge in [0.1, 0.15) is 11.9 Å². The SMILES string of the molecule is CC(OC(=O)C(C)(C)CC(C)(CC(C)(C)C(=O)Oc1ccc2cc3ccccc3cc2c1)C(=O)OC1CC2CCC1C2)C(F)(F)F. The highest BCUT2D eigenvalue weighted by Gasteiger charge is 2.52. The van der Waals surface area contributed by atoms with Gasteiger partial charge in [0.05, 0.1) is 16.2 Å². The molecule has 0 radical (unpaired) electrons. The molecule has 0 amide bonds. The zero-order chi connectivity index (χ0) is 33.7. The third-order valence-electron chi connectivity index (χ3n) is 9.83. The lowest BCUT2D eigenvalue weighted by molar-refractivity contribution is -0.222. The quantitative estimate of drug-likeness (QED) is 0.125. The average Bonchev–Trinajstić information content (AvgIpc) is 3.58. The van der Waals surface area contributed by atoms with Gasteiger partial charge in [-0.15, -0.1) is 0 Å². The van der Waals surface area contributed by atoms with Gasteiger partial charge < -0.3 is 14.2 Å². The van der Waals surface area contributed by atoms with Gasteiger partial charge in [0.15, 0.2) is 6.10 Å². The highest BCUT2D eigenvalue weighted by Crippen LogP contribution is 2.49. The zero-order valence-corrected chi connectivity index (χ0v) is 27.3. The molecular weight excluding hydrogens is 597 g/mol. The van der Waals surface area contributed by atoms with Crippen LogP contribution in [0.1, 0.15) is 80.1 Å². The maximum absolute atomic E-state index is 14.0. The van der Waals surface area contributed by atoms with Crippen molar-refractivity contribution < 1.29 is 41.8 Å². The van der Waals surface area contributed by atoms with Crippen LogP contribution in [-0.4, -0.2) is 36.3 Å². The first-order valence-electron chi connectivity index (χ1n) is 16.0. The van der Waals surface area contributed by atoms with E-state index in [2.05, 4.69) is 6.07 Å². The minimum atomic E-state index is -4.72. The maximum Gasteiger partial charge on any atom is 0.425 e. The van der Waals surface area contributed by atoms with E-state index < -0.39 is 46.4 Å². The van der Waals surface area contributed by atoms with Crippen LogP contribution in [0.5, 0.6) is 5.75 Å². The van der Waals surface area contributed by atoms with E-state index in [0.29, 0.717) is 11.7 Å². The van der Waals surface area contributed by atoms with Crippen molar-refractivity contribution in [2.45, 2.75) is 98.5 Å². The summed E-state index contributed by atoms with van der Waals surface area (Å²) in [4.78, 5) is 40.7. The standard InChI is InChI=1S/C37H43F3O6/c1-22(37(38,39)40)44-31(41)34(2,3)20-36(6,33(43)46-30-16-23-11-12-27(30)15-23)21-35(4,5)32(42)45-29-14-13-26-17-24-9-7-8-10-25(24)18-28(26)19-29/h7-10,13-14,17-19,22-23,27,30H,11-12,15-16,20-21H2,1-6H3. The molecule has 0 aliphatic heterocycles. The second kappa shape index (κ2) is 12.2. The second-order valence-corrected chi connectivity index (χ2v) is 15.0. The van der Waals surface area contributed by atoms with Crippen LogP contribution in [0.3, 0.4) is 0 Å². The van der Waals surface area contributed by atoms with E-state index >= 15 is 0 Å². The fourth-order valence-corrected chi connectivity index (χ4v) is 7.53. The number of esters is 3. The number of fused-ring (bicyclic) bond motifs is 4. The Balaban J connectivity index is 1.37. The normalized spacial score (nSPS) is 22.0. The molecule has 9 heteroatoms. The van der Waals surface area contributed by atoms with E-state index in [-0.39, 0.29) is 24.9 Å². The van der Waals surface area contributed by atoms with Crippen molar-refractivity contribution in [3.05, 3.63) is 54.6 Å². The summed E-state index contributed by atoms with van der Waals surface area (Å²) < 4.78 is 56.3. The fourth-order valence-electron chi connectivity index (χ4n) is 7.53. The van der Waals surface area contributed by atoms with Crippen LogP contribution in [-0.2, 0) is 23.9 Å². The molecule has 248 valence electrons. The van der Waals surface area contributed by atoms with Gasteiger partial charge in [-0.3, -0.25) is 14.4 Å². The van der Waals surface area contributed by atoms with Gasteiger partial charge in [0, 0.05) is 0 Å². The lowest BCUT2D eigenvalue weighted by Gasteiger charge is -2.40. The first kappa shape index (κ1) is 33.7. The van der Waals surface area contributed by atoms with Crippen LogP contribution >= 0.6 is 0 Å². The summed E-state index contributed by atoms with van der Waals surface area (Å²) in [5.41, 5.74) is -4.15. The van der Waals surface area contributed by atoms with Crippen LogP contribution in [0.2, 0.25) is 0 Å². The Morgan fingerprint density at radius 3 is 1.91 bits per heavy atom. The van der Waals surface area contributed by atoms with E-state index in [0.717, 1.165) is 54.2 Å². The Labute approximate surface area is 267 Å². The van der Waals surface area contributed by atoms with Crippen molar-refractivity contribution in [3.8, 4) is 5.75 Å². The van der Waals surface area contributed by atoms with Gasteiger partial charge in [-0.25, -0.2) is 0 Å². The van der Waals surface area contributed by atoms with E-state index in [4.69, 9.17) is 14.2 Å². The largest absolute Gasteiger partial charge is 0.462 e. The van der Waals surface area contributed by atoms with Crippen LogP contribution in [0.15, 0.2) is 54.6 Å². The van der Waals surface area contributed by atoms with Gasteiger partial charge in [-0.05, 0) is 138 Å². The molecule has 0 aromatic heterocycles. The molecule has 5 unspecified atom stereocenters. The molecular formula is C37H43F3O6. The van der Waals surface area contributed by atoms with Crippen LogP contribution < -0.4 is 4.74 Å². The monoisotopic (exact) mass is 640 g/mol. The molecule has 2 aliphatic carbocycles. The minimum Gasteiger partial charge on any atom is -0.462 e. The first-order valence-corrected chi connectivity index (χ1v) is 16.0. The Morgan fingerprint density at radius 1 is 0.761 bits per heavy atom. The van der Waals surface area contributed by atoms with E-state index in [1.54, 1.807) is 32.9 Å². The number of hydrogen-bond acceptors (Lipinski definition) is 6. The summed E-state index contributed by atoms with van der Waals surface area (Å²) in [7, 11) is 0. The summed E-state index contributed by atoms with van der Waals surface area (Å²) in [5, 5.41) is 4.03. The average molecular weight is 641 g/mol. The van der Waals surface area contributed by atoms with Crippen LogP contribution in [0, 0.1) is 28.1 Å². The summed E-state index contributed by atoms with van der Waals surface area (Å²) in [6.45, 7) is 8.59. The summed E-state index contributed by atoms with van der Waals surface area (Å²) >= 11 is 0. The van der Waals surface area contributed by atoms with Crippen molar-refractivity contribution in [3.63, 3.8) is 0 Å². The predicted molar refractivity (Wildman–Crippen MR) is 169 cm³/mol. The van der Waals surface area contributed by atoms with Crippen molar-refractivity contribution in [1.29, 1.82) is 0 Å². The number of carbonyl (C=O) groups excluding carboxylic acids is 3. The predicted octanol–water partition coefficient (Wildman–Crippen LogP) is 8.96. The molecule has 3 aromatic rings. The molecule has 2 aliphatic rings. The number of benzene rings is 3. The summed E-state index contributed by atoms with van der Waals surface area (Å²) in [6, 6.07) is 17.4. The molecule has 6 nitrogen and oxygen atoms in total. The van der Waals surface area contributed by atoms with Crippen LogP contribution in [0.25, 0.3) is 21.5 Å². The molecule has 2 bridgehead atoms. The number of carbonyl (C=O) groups is 3. The van der Waals surface area contributed by atoms with Gasteiger partial charge in [-0.2, -0.15) is 13.2 Å². The fraction of sp³-hybridized carbons (Fsp3) is 0.541. The molecule has 0 heterocycles. The van der Waals surface area contributed by atoms with Crippen LogP contribution in [0.4, 0.5) is 13.2 Å². The summed E-state index contributed by atoms with van der Waals surface area (Å²) in [6.07, 6.45) is -3.69. The van der Waals surface area contributed by atoms with Crippen molar-refractivity contribution in [1.82, 2.24) is 0 Å². The maximum atomic E-state index is 14.0. The highest BCUT2D eigenvalue weighted by atomic mass is 19.4. The second-order valence-electron chi connectivity index (χ2n) is 15.0. The molecule has 0 N–H and O–H groups in total. The third-order valence-corrected chi connectivity index (χ3v) is 9.83. The third kappa shape index (κ3) is 7.18. The minimum absolute atomic E-state index is 0.0672. The Bertz CT molecular complexity index is 1640. The number of hydrogen-bond donors (Lipinski definition) is 0. The number of rotatable bonds is 10. The molecule has 0 saturated heterocycles. The van der Waals surface area contributed by atoms with Crippen molar-refractivity contribution >= 4 is 39.5 Å². The van der Waals surface area contributed by atoms with Gasteiger partial charge in [-0.1, -0.05) is 30.3 Å². The smallest absolute Gasteiger partial charge is 0.425 e. The van der Waals surface area contributed by atoms with E-state index in [1.807, 2.05) is 36.4 Å². The van der Waals surface area contributed by atoms with Gasteiger partial charge >= 0.3 is 24.1 Å². The highest BCUT2D eigenvalue weighted by molar-refractivity contribution is 5.99. The number of halogens is 3. The molecule has 0 spiro atoms. The number of ether oxygens (including phenoxy) is 3. The molecule has 3 aromatic carbocycles. The zero-order valence-electron chi connectivity index (χ0n) is 27.3. The Kier molecular flexibility index (Phi) is 8.94. The Morgan fingerprint density at radius 2 is 1.35 bits per heavy atom. The summed E-state index contributed by atoms with van der Waals surface area (Å²) in [5.74, 6) is -1.12. The Hall–Kier alpha value is -3.62. The molecule has 2 saturated carbocycles. The van der Waals surface area contributed by atoms with E-state index in [1.165, 1.54) is 13.8 Å². The first-order chi connectivity index (χ1) is 21.4. The van der Waals surface area contributed by atoms with Crippen molar-refractivity contribution in [2.75, 3.05) is 0 Å². The molecule has 5 atom stereocenters.